The van der Waals surface area contributed by atoms with Crippen molar-refractivity contribution in [1.29, 1.82) is 0 Å². The summed E-state index contributed by atoms with van der Waals surface area (Å²) in [4.78, 5) is 12.5. The molecule has 0 spiro atoms. The maximum absolute atomic E-state index is 12.5. The fourth-order valence-electron chi connectivity index (χ4n) is 4.06. The summed E-state index contributed by atoms with van der Waals surface area (Å²) in [5.41, 5.74) is 8.48. The zero-order valence-electron chi connectivity index (χ0n) is 17.2. The van der Waals surface area contributed by atoms with Gasteiger partial charge in [-0.3, -0.25) is 4.79 Å². The molecule has 0 aromatic carbocycles. The Balaban J connectivity index is 2.11. The van der Waals surface area contributed by atoms with Gasteiger partial charge in [0.2, 0.25) is 0 Å². The van der Waals surface area contributed by atoms with Crippen molar-refractivity contribution in [2.45, 2.75) is 87.0 Å². The monoisotopic (exact) mass is 420 g/mol. The van der Waals surface area contributed by atoms with Gasteiger partial charge in [-0.25, -0.2) is 0 Å². The Kier molecular flexibility index (Phi) is 7.99. The van der Waals surface area contributed by atoms with E-state index >= 15 is 0 Å². The van der Waals surface area contributed by atoms with Crippen LogP contribution in [-0.4, -0.2) is 100 Å². The van der Waals surface area contributed by atoms with Gasteiger partial charge in [0.25, 0.3) is 5.91 Å². The number of aliphatic hydroxyl groups excluding tert-OH is 2. The van der Waals surface area contributed by atoms with Crippen molar-refractivity contribution in [3.63, 3.8) is 0 Å². The summed E-state index contributed by atoms with van der Waals surface area (Å²) in [6, 6.07) is -1.70. The van der Waals surface area contributed by atoms with E-state index in [1.165, 1.54) is 13.8 Å². The second-order valence-corrected chi connectivity index (χ2v) is 8.49. The van der Waals surface area contributed by atoms with Crippen LogP contribution in [0, 0.1) is 0 Å². The molecule has 29 heavy (non-hydrogen) atoms. The third kappa shape index (κ3) is 5.43. The van der Waals surface area contributed by atoms with E-state index in [1.54, 1.807) is 7.05 Å². The Bertz CT molecular complexity index is 556. The van der Waals surface area contributed by atoms with E-state index in [4.69, 9.17) is 20.9 Å². The molecule has 1 aliphatic heterocycles. The topological polar surface area (TPSA) is 193 Å². The highest BCUT2D eigenvalue weighted by atomic mass is 16.7. The molecule has 170 valence electrons. The predicted octanol–water partition coefficient (Wildman–Crippen LogP) is -3.51. The van der Waals surface area contributed by atoms with Gasteiger partial charge in [0, 0.05) is 18.9 Å². The van der Waals surface area contributed by atoms with Crippen molar-refractivity contribution in [2.24, 2.45) is 11.5 Å². The van der Waals surface area contributed by atoms with Gasteiger partial charge in [0.15, 0.2) is 6.29 Å². The largest absolute Gasteiger partial charge is 0.391 e. The number of carbonyl (C=O) groups excluding carboxylic acids is 1. The van der Waals surface area contributed by atoms with Crippen LogP contribution in [-0.2, 0) is 14.3 Å². The van der Waals surface area contributed by atoms with Crippen LogP contribution in [0.15, 0.2) is 0 Å². The van der Waals surface area contributed by atoms with E-state index in [0.717, 1.165) is 0 Å². The highest BCUT2D eigenvalue weighted by Crippen LogP contribution is 2.32. The average molecular weight is 421 g/mol. The van der Waals surface area contributed by atoms with Crippen molar-refractivity contribution >= 4 is 5.91 Å². The predicted molar refractivity (Wildman–Crippen MR) is 104 cm³/mol. The van der Waals surface area contributed by atoms with Gasteiger partial charge in [0.1, 0.15) is 23.4 Å². The van der Waals surface area contributed by atoms with Gasteiger partial charge >= 0.3 is 0 Å². The van der Waals surface area contributed by atoms with E-state index in [2.05, 4.69) is 10.6 Å². The first-order valence-electron chi connectivity index (χ1n) is 9.97. The molecule has 2 aliphatic rings. The van der Waals surface area contributed by atoms with E-state index in [-0.39, 0.29) is 38.5 Å². The van der Waals surface area contributed by atoms with Gasteiger partial charge < -0.3 is 52.0 Å². The van der Waals surface area contributed by atoms with Crippen LogP contribution >= 0.6 is 0 Å². The summed E-state index contributed by atoms with van der Waals surface area (Å²) in [6.45, 7) is 3.10. The van der Waals surface area contributed by atoms with Gasteiger partial charge in [-0.15, -0.1) is 0 Å². The van der Waals surface area contributed by atoms with Crippen LogP contribution in [0.1, 0.15) is 33.1 Å². The highest BCUT2D eigenvalue weighted by Gasteiger charge is 2.50. The van der Waals surface area contributed by atoms with Crippen LogP contribution in [0.2, 0.25) is 0 Å². The second-order valence-electron chi connectivity index (χ2n) is 8.49. The Labute approximate surface area is 170 Å². The molecule has 0 bridgehead atoms. The minimum atomic E-state index is -1.55. The van der Waals surface area contributed by atoms with Crippen molar-refractivity contribution in [3.8, 4) is 0 Å². The molecule has 1 heterocycles. The van der Waals surface area contributed by atoms with E-state index in [1.807, 2.05) is 0 Å². The molecule has 0 unspecified atom stereocenters. The zero-order chi connectivity index (χ0) is 22.0. The lowest BCUT2D eigenvalue weighted by Crippen LogP contribution is -2.67. The molecule has 2 fully saturated rings. The number of rotatable bonds is 9. The first-order valence-corrected chi connectivity index (χ1v) is 9.97. The Morgan fingerprint density at radius 3 is 2.48 bits per heavy atom. The molecule has 1 saturated carbocycles. The quantitative estimate of drug-likeness (QED) is 0.185. The van der Waals surface area contributed by atoms with Gasteiger partial charge in [-0.05, 0) is 33.9 Å². The van der Waals surface area contributed by atoms with Crippen molar-refractivity contribution < 1.29 is 34.7 Å². The molecule has 10 N–H and O–H groups in total. The lowest BCUT2D eigenvalue weighted by molar-refractivity contribution is -0.289. The molecule has 11 nitrogen and oxygen atoms in total. The third-order valence-corrected chi connectivity index (χ3v) is 5.72. The smallest absolute Gasteiger partial charge is 0.252 e. The summed E-state index contributed by atoms with van der Waals surface area (Å²) < 4.78 is 11.3. The number of amides is 1. The number of carbonyl (C=O) groups is 1. The summed E-state index contributed by atoms with van der Waals surface area (Å²) in [5.74, 6) is -0.604. The molecule has 2 rings (SSSR count). The SMILES string of the molecule is CN[C@@H]1[C@@H](O)[C@@H](O[C@H]([C@H](C)O)[C@@H](CCN)NC(=O)C2(O)CC(N)C2)OC[C@]1(C)O. The minimum Gasteiger partial charge on any atom is -0.391 e. The Morgan fingerprint density at radius 2 is 2.00 bits per heavy atom. The van der Waals surface area contributed by atoms with Crippen molar-refractivity contribution in [1.82, 2.24) is 10.6 Å². The molecular weight excluding hydrogens is 384 g/mol. The van der Waals surface area contributed by atoms with E-state index in [0.29, 0.717) is 0 Å². The van der Waals surface area contributed by atoms with Crippen LogP contribution in [0.3, 0.4) is 0 Å². The Morgan fingerprint density at radius 1 is 1.38 bits per heavy atom. The second kappa shape index (κ2) is 9.50. The standard InChI is InChI=1S/C18H36N4O7/c1-9(23)13(29-15-12(24)14(21-3)17(2,26)8-28-15)11(4-5-19)22-16(25)18(27)6-10(20)7-18/h9-15,21,23-24,26-27H,4-8,19-20H2,1-3H3,(H,22,25)/t9-,10?,11+,12+,13+,14+,15+,17-,18?/m0/s1. The van der Waals surface area contributed by atoms with Gasteiger partial charge in [-0.1, -0.05) is 0 Å². The van der Waals surface area contributed by atoms with Crippen molar-refractivity contribution in [3.05, 3.63) is 0 Å². The van der Waals surface area contributed by atoms with Crippen LogP contribution in [0.25, 0.3) is 0 Å². The average Bonchev–Trinajstić information content (AvgIpc) is 2.59. The molecule has 0 radical (unpaired) electrons. The normalized spacial score (nSPS) is 40.6. The number of hydrogen-bond acceptors (Lipinski definition) is 10. The lowest BCUT2D eigenvalue weighted by Gasteiger charge is -2.46. The molecule has 11 heteroatoms. The molecule has 0 aromatic rings. The molecule has 1 saturated heterocycles. The van der Waals surface area contributed by atoms with Crippen molar-refractivity contribution in [2.75, 3.05) is 20.2 Å². The molecule has 7 atom stereocenters. The number of ether oxygens (including phenoxy) is 2. The summed E-state index contributed by atoms with van der Waals surface area (Å²) >= 11 is 0. The summed E-state index contributed by atoms with van der Waals surface area (Å²) in [6.07, 6.45) is -3.83. The zero-order valence-corrected chi connectivity index (χ0v) is 17.2. The number of nitrogens with one attached hydrogen (secondary N) is 2. The van der Waals surface area contributed by atoms with Crippen LogP contribution in [0.5, 0.6) is 0 Å². The van der Waals surface area contributed by atoms with Crippen LogP contribution in [0.4, 0.5) is 0 Å². The van der Waals surface area contributed by atoms with E-state index in [9.17, 15) is 25.2 Å². The summed E-state index contributed by atoms with van der Waals surface area (Å²) in [7, 11) is 1.60. The number of likely N-dealkylation sites (N-methyl/N-ethyl adjacent to an activating group) is 1. The van der Waals surface area contributed by atoms with Gasteiger partial charge in [0.05, 0.1) is 24.8 Å². The molecule has 0 aromatic heterocycles. The maximum Gasteiger partial charge on any atom is 0.252 e. The fraction of sp³-hybridized carbons (Fsp3) is 0.944. The third-order valence-electron chi connectivity index (χ3n) is 5.72. The highest BCUT2D eigenvalue weighted by molar-refractivity contribution is 5.86. The first-order chi connectivity index (χ1) is 13.4. The lowest BCUT2D eigenvalue weighted by atomic mass is 9.75. The minimum absolute atomic E-state index is 0.0989. The van der Waals surface area contributed by atoms with E-state index < -0.39 is 53.8 Å². The van der Waals surface area contributed by atoms with Crippen LogP contribution < -0.4 is 22.1 Å². The number of hydrogen-bond donors (Lipinski definition) is 8. The number of nitrogens with two attached hydrogens (primary N) is 2. The Hall–Kier alpha value is -0.890. The number of aliphatic hydroxyl groups is 4. The van der Waals surface area contributed by atoms with Gasteiger partial charge in [-0.2, -0.15) is 0 Å². The molecule has 1 aliphatic carbocycles. The fourth-order valence-corrected chi connectivity index (χ4v) is 4.06. The first kappa shape index (κ1) is 24.4. The summed E-state index contributed by atoms with van der Waals surface area (Å²) in [5, 5.41) is 47.1. The maximum atomic E-state index is 12.5. The molecule has 1 amide bonds. The molecular formula is C18H36N4O7.